The molecule has 2 aromatic carbocycles. The van der Waals surface area contributed by atoms with Gasteiger partial charge in [0.1, 0.15) is 12.4 Å². The number of fused-ring (bicyclic) bond motifs is 1. The van der Waals surface area contributed by atoms with Gasteiger partial charge in [0.05, 0.1) is 0 Å². The standard InChI is InChI=1S/C29H36F2O/c1-3-5-6-20-7-9-21(10-8-20)22-11-13-23(14-12-22)26-18-24-15-16-25(32-17-4-2)19-27(24)29(31)28(26)30/h3-4,15-16,18-23H,1-2,5-14,17H2. The summed E-state index contributed by atoms with van der Waals surface area (Å²) in [5, 5.41) is 1.03. The summed E-state index contributed by atoms with van der Waals surface area (Å²) < 4.78 is 35.5. The highest BCUT2D eigenvalue weighted by atomic mass is 19.2. The first-order valence-corrected chi connectivity index (χ1v) is 12.4. The zero-order chi connectivity index (χ0) is 22.5. The summed E-state index contributed by atoms with van der Waals surface area (Å²) >= 11 is 0. The Kier molecular flexibility index (Phi) is 7.65. The first-order valence-electron chi connectivity index (χ1n) is 12.4. The Bertz CT molecular complexity index is 934. The van der Waals surface area contributed by atoms with Crippen molar-refractivity contribution in [2.45, 2.75) is 70.1 Å². The van der Waals surface area contributed by atoms with E-state index in [0.717, 1.165) is 55.2 Å². The van der Waals surface area contributed by atoms with Crippen molar-refractivity contribution in [2.75, 3.05) is 6.61 Å². The van der Waals surface area contributed by atoms with Crippen LogP contribution in [0.5, 0.6) is 5.75 Å². The maximum atomic E-state index is 15.1. The normalized spacial score (nSPS) is 26.1. The summed E-state index contributed by atoms with van der Waals surface area (Å²) in [5.41, 5.74) is 0.557. The van der Waals surface area contributed by atoms with Crippen molar-refractivity contribution >= 4 is 10.8 Å². The molecule has 0 saturated heterocycles. The van der Waals surface area contributed by atoms with Crippen LogP contribution in [-0.4, -0.2) is 6.61 Å². The van der Waals surface area contributed by atoms with Gasteiger partial charge in [-0.05, 0) is 104 Å². The monoisotopic (exact) mass is 438 g/mol. The molecule has 2 fully saturated rings. The lowest BCUT2D eigenvalue weighted by molar-refractivity contribution is 0.156. The molecule has 0 aliphatic heterocycles. The van der Waals surface area contributed by atoms with Crippen molar-refractivity contribution in [3.8, 4) is 5.75 Å². The SMILES string of the molecule is C=CCCC1CCC(C2CCC(c3cc4ccc(OCC=C)cc4c(F)c3F)CC2)CC1. The molecule has 0 atom stereocenters. The maximum absolute atomic E-state index is 15.1. The second-order valence-electron chi connectivity index (χ2n) is 9.83. The number of halogens is 2. The molecule has 0 unspecified atom stereocenters. The number of hydrogen-bond acceptors (Lipinski definition) is 1. The van der Waals surface area contributed by atoms with Crippen LogP contribution in [0.3, 0.4) is 0 Å². The Balaban J connectivity index is 1.40. The molecule has 0 spiro atoms. The number of rotatable bonds is 8. The van der Waals surface area contributed by atoms with Crippen LogP contribution >= 0.6 is 0 Å². The van der Waals surface area contributed by atoms with E-state index in [-0.39, 0.29) is 11.3 Å². The lowest BCUT2D eigenvalue weighted by atomic mass is 9.68. The predicted molar refractivity (Wildman–Crippen MR) is 129 cm³/mol. The van der Waals surface area contributed by atoms with E-state index in [1.54, 1.807) is 12.1 Å². The fraction of sp³-hybridized carbons (Fsp3) is 0.517. The Morgan fingerprint density at radius 1 is 0.844 bits per heavy atom. The van der Waals surface area contributed by atoms with Crippen LogP contribution in [-0.2, 0) is 0 Å². The molecule has 0 heterocycles. The van der Waals surface area contributed by atoms with Gasteiger partial charge < -0.3 is 4.74 Å². The van der Waals surface area contributed by atoms with Gasteiger partial charge in [0.2, 0.25) is 0 Å². The van der Waals surface area contributed by atoms with Crippen molar-refractivity contribution < 1.29 is 13.5 Å². The molecule has 2 aliphatic carbocycles. The first-order chi connectivity index (χ1) is 15.6. The van der Waals surface area contributed by atoms with E-state index in [1.807, 2.05) is 24.3 Å². The summed E-state index contributed by atoms with van der Waals surface area (Å²) in [6, 6.07) is 7.09. The zero-order valence-electron chi connectivity index (χ0n) is 19.1. The molecule has 3 heteroatoms. The lowest BCUT2D eigenvalue weighted by Crippen LogP contribution is -2.25. The minimum absolute atomic E-state index is 0.116. The average molecular weight is 439 g/mol. The third kappa shape index (κ3) is 5.08. The smallest absolute Gasteiger partial charge is 0.167 e. The Labute approximate surface area is 191 Å². The zero-order valence-corrected chi connectivity index (χ0v) is 19.1. The molecule has 1 nitrogen and oxygen atoms in total. The van der Waals surface area contributed by atoms with E-state index in [0.29, 0.717) is 17.9 Å². The highest BCUT2D eigenvalue weighted by Gasteiger charge is 2.32. The molecule has 0 bridgehead atoms. The lowest BCUT2D eigenvalue weighted by Gasteiger charge is -2.38. The second kappa shape index (κ2) is 10.6. The summed E-state index contributed by atoms with van der Waals surface area (Å²) in [7, 11) is 0. The van der Waals surface area contributed by atoms with Crippen LogP contribution in [0.1, 0.15) is 75.7 Å². The van der Waals surface area contributed by atoms with Crippen LogP contribution in [0.4, 0.5) is 8.78 Å². The third-order valence-electron chi connectivity index (χ3n) is 7.94. The summed E-state index contributed by atoms with van der Waals surface area (Å²) in [5.74, 6) is 1.67. The number of allylic oxidation sites excluding steroid dienone is 1. The molecule has 0 aromatic heterocycles. The summed E-state index contributed by atoms with van der Waals surface area (Å²) in [4.78, 5) is 0. The highest BCUT2D eigenvalue weighted by Crippen LogP contribution is 2.45. The van der Waals surface area contributed by atoms with Crippen molar-refractivity contribution in [3.05, 3.63) is 66.8 Å². The minimum atomic E-state index is -0.749. The summed E-state index contributed by atoms with van der Waals surface area (Å²) in [6.45, 7) is 7.81. The maximum Gasteiger partial charge on any atom is 0.167 e. The van der Waals surface area contributed by atoms with Crippen LogP contribution in [0, 0.1) is 29.4 Å². The topological polar surface area (TPSA) is 9.23 Å². The molecule has 2 aromatic rings. The molecule has 0 amide bonds. The van der Waals surface area contributed by atoms with Crippen molar-refractivity contribution in [1.29, 1.82) is 0 Å². The van der Waals surface area contributed by atoms with E-state index in [9.17, 15) is 4.39 Å². The minimum Gasteiger partial charge on any atom is -0.490 e. The average Bonchev–Trinajstić information content (AvgIpc) is 2.84. The fourth-order valence-corrected chi connectivity index (χ4v) is 6.07. The van der Waals surface area contributed by atoms with Crippen molar-refractivity contribution in [1.82, 2.24) is 0 Å². The molecule has 2 aliphatic rings. The van der Waals surface area contributed by atoms with E-state index < -0.39 is 11.6 Å². The van der Waals surface area contributed by atoms with Gasteiger partial charge >= 0.3 is 0 Å². The largest absolute Gasteiger partial charge is 0.490 e. The van der Waals surface area contributed by atoms with Crippen molar-refractivity contribution in [2.24, 2.45) is 17.8 Å². The quantitative estimate of drug-likeness (QED) is 0.374. The van der Waals surface area contributed by atoms with Gasteiger partial charge in [-0.25, -0.2) is 8.78 Å². The van der Waals surface area contributed by atoms with E-state index >= 15 is 4.39 Å². The van der Waals surface area contributed by atoms with Gasteiger partial charge in [0, 0.05) is 5.39 Å². The summed E-state index contributed by atoms with van der Waals surface area (Å²) in [6.07, 6.45) is 15.7. The van der Waals surface area contributed by atoms with Gasteiger partial charge in [-0.15, -0.1) is 6.58 Å². The number of hydrogen-bond donors (Lipinski definition) is 0. The molecular weight excluding hydrogens is 402 g/mol. The molecule has 0 N–H and O–H groups in total. The van der Waals surface area contributed by atoms with E-state index in [1.165, 1.54) is 32.1 Å². The van der Waals surface area contributed by atoms with E-state index in [4.69, 9.17) is 4.74 Å². The first kappa shape index (κ1) is 23.0. The molecule has 32 heavy (non-hydrogen) atoms. The predicted octanol–water partition coefficient (Wildman–Crippen LogP) is 8.73. The third-order valence-corrected chi connectivity index (χ3v) is 7.94. The molecule has 4 rings (SSSR count). The fourth-order valence-electron chi connectivity index (χ4n) is 6.07. The van der Waals surface area contributed by atoms with Crippen LogP contribution in [0.15, 0.2) is 49.6 Å². The molecular formula is C29H36F2O. The Morgan fingerprint density at radius 2 is 1.53 bits per heavy atom. The van der Waals surface area contributed by atoms with Crippen LogP contribution in [0.25, 0.3) is 10.8 Å². The highest BCUT2D eigenvalue weighted by molar-refractivity contribution is 5.85. The van der Waals surface area contributed by atoms with Crippen LogP contribution < -0.4 is 4.74 Å². The second-order valence-corrected chi connectivity index (χ2v) is 9.83. The molecule has 2 saturated carbocycles. The number of benzene rings is 2. The van der Waals surface area contributed by atoms with Gasteiger partial charge in [-0.2, -0.15) is 0 Å². The van der Waals surface area contributed by atoms with Gasteiger partial charge in [-0.3, -0.25) is 0 Å². The molecule has 172 valence electrons. The van der Waals surface area contributed by atoms with Crippen LogP contribution in [0.2, 0.25) is 0 Å². The Morgan fingerprint density at radius 3 is 2.19 bits per heavy atom. The van der Waals surface area contributed by atoms with E-state index in [2.05, 4.69) is 13.2 Å². The van der Waals surface area contributed by atoms with Crippen molar-refractivity contribution in [3.63, 3.8) is 0 Å². The van der Waals surface area contributed by atoms with Gasteiger partial charge in [-0.1, -0.05) is 37.6 Å². The van der Waals surface area contributed by atoms with Gasteiger partial charge in [0.25, 0.3) is 0 Å². The molecule has 0 radical (unpaired) electrons. The Hall–Kier alpha value is -2.16. The number of ether oxygens (including phenoxy) is 1. The van der Waals surface area contributed by atoms with Gasteiger partial charge in [0.15, 0.2) is 11.6 Å².